The fourth-order valence-electron chi connectivity index (χ4n) is 3.43. The number of methoxy groups -OCH3 is 1. The zero-order valence-electron chi connectivity index (χ0n) is 14.7. The van der Waals surface area contributed by atoms with Crippen LogP contribution in [0.25, 0.3) is 11.0 Å². The fraction of sp³-hybridized carbons (Fsp3) is 0.474. The van der Waals surface area contributed by atoms with Crippen molar-refractivity contribution in [1.82, 2.24) is 5.32 Å². The molecule has 0 bridgehead atoms. The Balaban J connectivity index is 1.75. The number of carboxylic acid groups (broad SMARTS) is 1. The molecular formula is C19H23NO6. The van der Waals surface area contributed by atoms with Crippen LogP contribution in [-0.2, 0) is 20.9 Å². The van der Waals surface area contributed by atoms with E-state index >= 15 is 0 Å². The number of fused-ring (bicyclic) bond motifs is 1. The minimum absolute atomic E-state index is 0.00401. The Morgan fingerprint density at radius 3 is 2.73 bits per heavy atom. The molecule has 1 saturated heterocycles. The second kappa shape index (κ2) is 8.33. The molecule has 1 aliphatic rings. The van der Waals surface area contributed by atoms with Gasteiger partial charge in [0.25, 0.3) is 5.91 Å². The molecular weight excluding hydrogens is 338 g/mol. The molecule has 7 nitrogen and oxygen atoms in total. The molecule has 3 rings (SSSR count). The van der Waals surface area contributed by atoms with Crippen LogP contribution in [0.1, 0.15) is 29.0 Å². The van der Waals surface area contributed by atoms with Crippen LogP contribution < -0.4 is 5.32 Å². The van der Waals surface area contributed by atoms with Crippen LogP contribution in [0.15, 0.2) is 28.7 Å². The Labute approximate surface area is 151 Å². The predicted molar refractivity (Wildman–Crippen MR) is 93.9 cm³/mol. The zero-order valence-corrected chi connectivity index (χ0v) is 14.7. The molecule has 1 aliphatic heterocycles. The van der Waals surface area contributed by atoms with E-state index in [1.165, 1.54) is 0 Å². The Morgan fingerprint density at radius 1 is 1.31 bits per heavy atom. The van der Waals surface area contributed by atoms with E-state index in [1.807, 2.05) is 18.2 Å². The van der Waals surface area contributed by atoms with E-state index in [2.05, 4.69) is 5.32 Å². The van der Waals surface area contributed by atoms with Gasteiger partial charge in [-0.15, -0.1) is 0 Å². The smallest absolute Gasteiger partial charge is 0.308 e. The van der Waals surface area contributed by atoms with E-state index in [9.17, 15) is 14.7 Å². The third-order valence-corrected chi connectivity index (χ3v) is 4.83. The largest absolute Gasteiger partial charge is 0.481 e. The third kappa shape index (κ3) is 3.89. The number of ether oxygens (including phenoxy) is 2. The summed E-state index contributed by atoms with van der Waals surface area (Å²) in [7, 11) is 1.55. The number of amides is 1. The number of carbonyl (C=O) groups is 2. The first-order valence-corrected chi connectivity index (χ1v) is 8.70. The van der Waals surface area contributed by atoms with Gasteiger partial charge in [0, 0.05) is 37.8 Å². The Bertz CT molecular complexity index is 777. The Kier molecular flexibility index (Phi) is 5.90. The van der Waals surface area contributed by atoms with Crippen molar-refractivity contribution in [3.05, 3.63) is 35.6 Å². The van der Waals surface area contributed by atoms with Gasteiger partial charge in [0.15, 0.2) is 5.76 Å². The number of benzene rings is 1. The summed E-state index contributed by atoms with van der Waals surface area (Å²) in [5.74, 6) is -1.80. The fourth-order valence-corrected chi connectivity index (χ4v) is 3.43. The highest BCUT2D eigenvalue weighted by molar-refractivity contribution is 5.99. The minimum atomic E-state index is -0.904. The van der Waals surface area contributed by atoms with Crippen molar-refractivity contribution in [2.45, 2.75) is 19.4 Å². The molecule has 1 fully saturated rings. The van der Waals surface area contributed by atoms with E-state index in [-0.39, 0.29) is 24.8 Å². The first-order chi connectivity index (χ1) is 12.6. The standard InChI is InChI=1S/C19H23NO6/c1-24-11-15-13-4-2-3-5-16(13)26-17(15)18(21)20-10-14(19(22)23)12-6-8-25-9-7-12/h2-5,12,14H,6-11H2,1H3,(H,20,21)(H,22,23). The van der Waals surface area contributed by atoms with E-state index in [0.29, 0.717) is 37.2 Å². The molecule has 1 amide bonds. The Morgan fingerprint density at radius 2 is 2.04 bits per heavy atom. The van der Waals surface area contributed by atoms with Gasteiger partial charge in [-0.25, -0.2) is 0 Å². The summed E-state index contributed by atoms with van der Waals surface area (Å²) in [6, 6.07) is 7.35. The number of aliphatic carboxylic acids is 1. The van der Waals surface area contributed by atoms with E-state index in [0.717, 1.165) is 5.39 Å². The summed E-state index contributed by atoms with van der Waals surface area (Å²) < 4.78 is 16.2. The van der Waals surface area contributed by atoms with Gasteiger partial charge < -0.3 is 24.3 Å². The van der Waals surface area contributed by atoms with Crippen molar-refractivity contribution in [1.29, 1.82) is 0 Å². The molecule has 2 N–H and O–H groups in total. The van der Waals surface area contributed by atoms with E-state index in [1.54, 1.807) is 13.2 Å². The van der Waals surface area contributed by atoms with Crippen molar-refractivity contribution >= 4 is 22.8 Å². The highest BCUT2D eigenvalue weighted by atomic mass is 16.5. The van der Waals surface area contributed by atoms with Crippen LogP contribution in [0, 0.1) is 11.8 Å². The maximum atomic E-state index is 12.6. The molecule has 2 aromatic rings. The topological polar surface area (TPSA) is 98.0 Å². The SMILES string of the molecule is COCc1c(C(=O)NCC(C(=O)O)C2CCOCC2)oc2ccccc12. The minimum Gasteiger partial charge on any atom is -0.481 e. The van der Waals surface area contributed by atoms with Crippen LogP contribution in [0.2, 0.25) is 0 Å². The summed E-state index contributed by atoms with van der Waals surface area (Å²) >= 11 is 0. The number of para-hydroxylation sites is 1. The lowest BCUT2D eigenvalue weighted by Gasteiger charge is -2.27. The number of hydrogen-bond acceptors (Lipinski definition) is 5. The van der Waals surface area contributed by atoms with Crippen LogP contribution in [-0.4, -0.2) is 43.9 Å². The van der Waals surface area contributed by atoms with Gasteiger partial charge in [-0.2, -0.15) is 0 Å². The van der Waals surface area contributed by atoms with Crippen LogP contribution >= 0.6 is 0 Å². The molecule has 140 valence electrons. The third-order valence-electron chi connectivity index (χ3n) is 4.83. The lowest BCUT2D eigenvalue weighted by atomic mass is 9.86. The average Bonchev–Trinajstić information content (AvgIpc) is 3.02. The maximum Gasteiger partial charge on any atom is 0.308 e. The molecule has 0 saturated carbocycles. The van der Waals surface area contributed by atoms with Crippen molar-refractivity contribution in [2.75, 3.05) is 26.9 Å². The molecule has 1 atom stereocenters. The molecule has 1 aromatic carbocycles. The van der Waals surface area contributed by atoms with Crippen LogP contribution in [0.3, 0.4) is 0 Å². The van der Waals surface area contributed by atoms with Gasteiger partial charge >= 0.3 is 5.97 Å². The lowest BCUT2D eigenvalue weighted by Crippen LogP contribution is -2.39. The number of furan rings is 1. The summed E-state index contributed by atoms with van der Waals surface area (Å²) in [5, 5.41) is 13.1. The van der Waals surface area contributed by atoms with Crippen molar-refractivity contribution in [3.63, 3.8) is 0 Å². The van der Waals surface area contributed by atoms with Gasteiger partial charge in [0.05, 0.1) is 12.5 Å². The number of nitrogens with one attached hydrogen (secondary N) is 1. The van der Waals surface area contributed by atoms with E-state index < -0.39 is 17.8 Å². The lowest BCUT2D eigenvalue weighted by molar-refractivity contribution is -0.144. The number of carbonyl (C=O) groups excluding carboxylic acids is 1. The zero-order chi connectivity index (χ0) is 18.5. The molecule has 1 aromatic heterocycles. The van der Waals surface area contributed by atoms with Crippen molar-refractivity contribution in [3.8, 4) is 0 Å². The van der Waals surface area contributed by atoms with Crippen LogP contribution in [0.5, 0.6) is 0 Å². The summed E-state index contributed by atoms with van der Waals surface area (Å²) in [6.45, 7) is 1.41. The Hall–Kier alpha value is -2.38. The predicted octanol–water partition coefficient (Wildman–Crippen LogP) is 2.44. The van der Waals surface area contributed by atoms with Gasteiger partial charge in [-0.1, -0.05) is 18.2 Å². The molecule has 7 heteroatoms. The molecule has 1 unspecified atom stereocenters. The highest BCUT2D eigenvalue weighted by Gasteiger charge is 2.31. The maximum absolute atomic E-state index is 12.6. The normalized spacial score (nSPS) is 16.5. The van der Waals surface area contributed by atoms with Crippen LogP contribution in [0.4, 0.5) is 0 Å². The quantitative estimate of drug-likeness (QED) is 0.786. The van der Waals surface area contributed by atoms with Crippen molar-refractivity contribution < 1.29 is 28.6 Å². The number of hydrogen-bond donors (Lipinski definition) is 2. The second-order valence-corrected chi connectivity index (χ2v) is 6.44. The summed E-state index contributed by atoms with van der Waals surface area (Å²) in [6.07, 6.45) is 1.37. The molecule has 0 spiro atoms. The van der Waals surface area contributed by atoms with Gasteiger partial charge in [0.1, 0.15) is 5.58 Å². The van der Waals surface area contributed by atoms with Gasteiger partial charge in [0.2, 0.25) is 0 Å². The number of rotatable bonds is 7. The average molecular weight is 361 g/mol. The summed E-state index contributed by atoms with van der Waals surface area (Å²) in [4.78, 5) is 24.3. The number of carboxylic acids is 1. The highest BCUT2D eigenvalue weighted by Crippen LogP contribution is 2.27. The van der Waals surface area contributed by atoms with Gasteiger partial charge in [-0.05, 0) is 24.8 Å². The first-order valence-electron chi connectivity index (χ1n) is 8.70. The molecule has 2 heterocycles. The molecule has 0 radical (unpaired) electrons. The van der Waals surface area contributed by atoms with E-state index in [4.69, 9.17) is 13.9 Å². The monoisotopic (exact) mass is 361 g/mol. The summed E-state index contributed by atoms with van der Waals surface area (Å²) in [5.41, 5.74) is 1.27. The molecule has 26 heavy (non-hydrogen) atoms. The first kappa shape index (κ1) is 18.4. The van der Waals surface area contributed by atoms with Gasteiger partial charge in [-0.3, -0.25) is 9.59 Å². The second-order valence-electron chi connectivity index (χ2n) is 6.44. The van der Waals surface area contributed by atoms with Crippen molar-refractivity contribution in [2.24, 2.45) is 11.8 Å². The molecule has 0 aliphatic carbocycles.